The Morgan fingerprint density at radius 3 is 2.88 bits per heavy atom. The Balaban J connectivity index is 1.56. The number of pyridine rings is 1. The van der Waals surface area contributed by atoms with Crippen molar-refractivity contribution in [3.8, 4) is 5.69 Å². The third kappa shape index (κ3) is 2.63. The van der Waals surface area contributed by atoms with Gasteiger partial charge < -0.3 is 9.73 Å². The van der Waals surface area contributed by atoms with E-state index in [1.165, 1.54) is 0 Å². The molecule has 7 heteroatoms. The van der Waals surface area contributed by atoms with Crippen molar-refractivity contribution in [1.29, 1.82) is 0 Å². The summed E-state index contributed by atoms with van der Waals surface area (Å²) in [6.07, 6.45) is 6.70. The van der Waals surface area contributed by atoms with E-state index in [4.69, 9.17) is 4.42 Å². The molecule has 7 nitrogen and oxygen atoms in total. The van der Waals surface area contributed by atoms with Crippen molar-refractivity contribution in [2.45, 2.75) is 6.92 Å². The van der Waals surface area contributed by atoms with E-state index in [1.807, 2.05) is 12.1 Å². The minimum absolute atomic E-state index is 0.236. The Hall–Kier alpha value is -3.48. The third-order valence-corrected chi connectivity index (χ3v) is 3.53. The van der Waals surface area contributed by atoms with Crippen molar-refractivity contribution in [2.24, 2.45) is 0 Å². The number of carbonyl (C=O) groups excluding carboxylic acids is 1. The van der Waals surface area contributed by atoms with Crippen LogP contribution in [0.15, 0.2) is 59.5 Å². The molecule has 0 saturated carbocycles. The van der Waals surface area contributed by atoms with E-state index in [-0.39, 0.29) is 5.91 Å². The number of hydrogen-bond donors (Lipinski definition) is 1. The number of nitrogens with one attached hydrogen (secondary N) is 1. The van der Waals surface area contributed by atoms with Crippen LogP contribution in [0.1, 0.15) is 16.2 Å². The maximum atomic E-state index is 12.4. The molecule has 1 aromatic carbocycles. The molecule has 0 aliphatic carbocycles. The van der Waals surface area contributed by atoms with Crippen LogP contribution in [0.2, 0.25) is 0 Å². The zero-order chi connectivity index (χ0) is 16.5. The van der Waals surface area contributed by atoms with Crippen molar-refractivity contribution in [1.82, 2.24) is 19.7 Å². The summed E-state index contributed by atoms with van der Waals surface area (Å²) in [5.41, 5.74) is 3.28. The lowest BCUT2D eigenvalue weighted by Gasteiger charge is -2.02. The van der Waals surface area contributed by atoms with Crippen LogP contribution >= 0.6 is 0 Å². The van der Waals surface area contributed by atoms with Gasteiger partial charge in [-0.15, -0.1) is 0 Å². The van der Waals surface area contributed by atoms with Crippen LogP contribution in [0, 0.1) is 6.92 Å². The van der Waals surface area contributed by atoms with Gasteiger partial charge >= 0.3 is 0 Å². The molecule has 4 aromatic rings. The number of oxazole rings is 1. The molecular weight excluding hydrogens is 306 g/mol. The van der Waals surface area contributed by atoms with Crippen LogP contribution in [-0.2, 0) is 0 Å². The molecule has 0 fully saturated rings. The number of rotatable bonds is 3. The molecule has 3 heterocycles. The third-order valence-electron chi connectivity index (χ3n) is 3.53. The normalized spacial score (nSPS) is 10.9. The first-order valence-corrected chi connectivity index (χ1v) is 7.33. The second-order valence-electron chi connectivity index (χ2n) is 5.25. The predicted molar refractivity (Wildman–Crippen MR) is 88.1 cm³/mol. The molecule has 0 bridgehead atoms. The zero-order valence-corrected chi connectivity index (χ0v) is 12.8. The van der Waals surface area contributed by atoms with Crippen LogP contribution in [0.25, 0.3) is 16.8 Å². The van der Waals surface area contributed by atoms with Crippen LogP contribution < -0.4 is 5.32 Å². The zero-order valence-electron chi connectivity index (χ0n) is 12.8. The molecular formula is C17H13N5O2. The molecule has 0 spiro atoms. The molecule has 0 saturated heterocycles. The van der Waals surface area contributed by atoms with Crippen LogP contribution in [0.3, 0.4) is 0 Å². The highest BCUT2D eigenvalue weighted by atomic mass is 16.3. The van der Waals surface area contributed by atoms with Crippen molar-refractivity contribution in [3.05, 3.63) is 66.6 Å². The lowest BCUT2D eigenvalue weighted by atomic mass is 10.2. The summed E-state index contributed by atoms with van der Waals surface area (Å²) in [6, 6.07) is 8.82. The van der Waals surface area contributed by atoms with E-state index in [0.717, 1.165) is 11.2 Å². The quantitative estimate of drug-likeness (QED) is 0.627. The van der Waals surface area contributed by atoms with Gasteiger partial charge in [0.2, 0.25) is 0 Å². The van der Waals surface area contributed by atoms with E-state index in [0.29, 0.717) is 22.7 Å². The maximum Gasteiger partial charge on any atom is 0.255 e. The Kier molecular flexibility index (Phi) is 3.31. The van der Waals surface area contributed by atoms with Crippen LogP contribution in [-0.4, -0.2) is 25.7 Å². The van der Waals surface area contributed by atoms with E-state index >= 15 is 0 Å². The Morgan fingerprint density at radius 1 is 1.21 bits per heavy atom. The van der Waals surface area contributed by atoms with Gasteiger partial charge in [0, 0.05) is 24.9 Å². The summed E-state index contributed by atoms with van der Waals surface area (Å²) in [6.45, 7) is 1.77. The van der Waals surface area contributed by atoms with Gasteiger partial charge in [0.05, 0.1) is 23.8 Å². The number of hydrogen-bond acceptors (Lipinski definition) is 5. The van der Waals surface area contributed by atoms with Gasteiger partial charge in [0.1, 0.15) is 5.52 Å². The summed E-state index contributed by atoms with van der Waals surface area (Å²) in [5.74, 6) is 0.335. The number of aromatic nitrogens is 4. The van der Waals surface area contributed by atoms with E-state index < -0.39 is 0 Å². The topological polar surface area (TPSA) is 85.8 Å². The molecule has 1 amide bonds. The van der Waals surface area contributed by atoms with Crippen LogP contribution in [0.5, 0.6) is 0 Å². The lowest BCUT2D eigenvalue weighted by molar-refractivity contribution is 0.102. The average molecular weight is 319 g/mol. The fraction of sp³-hybridized carbons (Fsp3) is 0.0588. The molecule has 0 radical (unpaired) electrons. The number of carbonyl (C=O) groups is 1. The first-order valence-electron chi connectivity index (χ1n) is 7.33. The highest BCUT2D eigenvalue weighted by molar-refractivity contribution is 6.05. The minimum Gasteiger partial charge on any atom is -0.441 e. The molecule has 0 atom stereocenters. The summed E-state index contributed by atoms with van der Waals surface area (Å²) >= 11 is 0. The lowest BCUT2D eigenvalue weighted by Crippen LogP contribution is -2.11. The van der Waals surface area contributed by atoms with Gasteiger partial charge in [-0.3, -0.25) is 9.78 Å². The van der Waals surface area contributed by atoms with E-state index in [1.54, 1.807) is 54.6 Å². The fourth-order valence-electron chi connectivity index (χ4n) is 2.41. The standard InChI is InChI=1S/C17H13N5O2/c1-11-20-15-3-2-12(8-16(15)24-11)17(23)21-13-9-19-22(10-13)14-4-6-18-7-5-14/h2-10H,1H3,(H,21,23). The van der Waals surface area contributed by atoms with Crippen LogP contribution in [0.4, 0.5) is 5.69 Å². The first kappa shape index (κ1) is 14.1. The monoisotopic (exact) mass is 319 g/mol. The van der Waals surface area contributed by atoms with Gasteiger partial charge in [0.15, 0.2) is 11.5 Å². The molecule has 1 N–H and O–H groups in total. The van der Waals surface area contributed by atoms with Gasteiger partial charge in [-0.05, 0) is 30.3 Å². The maximum absolute atomic E-state index is 12.4. The van der Waals surface area contributed by atoms with Gasteiger partial charge in [-0.1, -0.05) is 0 Å². The number of aryl methyl sites for hydroxylation is 1. The van der Waals surface area contributed by atoms with Gasteiger partial charge in [-0.2, -0.15) is 5.10 Å². The van der Waals surface area contributed by atoms with Crippen molar-refractivity contribution < 1.29 is 9.21 Å². The molecule has 3 aromatic heterocycles. The van der Waals surface area contributed by atoms with Crippen molar-refractivity contribution in [2.75, 3.05) is 5.32 Å². The highest BCUT2D eigenvalue weighted by Gasteiger charge is 2.11. The minimum atomic E-state index is -0.236. The first-order chi connectivity index (χ1) is 11.7. The summed E-state index contributed by atoms with van der Waals surface area (Å²) in [5, 5.41) is 7.05. The predicted octanol–water partition coefficient (Wildman–Crippen LogP) is 2.97. The smallest absolute Gasteiger partial charge is 0.255 e. The number of nitrogens with zero attached hydrogens (tertiary/aromatic N) is 4. The Bertz CT molecular complexity index is 1020. The second kappa shape index (κ2) is 5.62. The summed E-state index contributed by atoms with van der Waals surface area (Å²) in [4.78, 5) is 20.6. The average Bonchev–Trinajstić information content (AvgIpc) is 3.20. The molecule has 4 rings (SSSR count). The van der Waals surface area contributed by atoms with Crippen molar-refractivity contribution >= 4 is 22.7 Å². The fourth-order valence-corrected chi connectivity index (χ4v) is 2.41. The second-order valence-corrected chi connectivity index (χ2v) is 5.25. The number of amides is 1. The highest BCUT2D eigenvalue weighted by Crippen LogP contribution is 2.18. The number of fused-ring (bicyclic) bond motifs is 1. The molecule has 118 valence electrons. The molecule has 0 unspecified atom stereocenters. The number of anilines is 1. The number of benzene rings is 1. The largest absolute Gasteiger partial charge is 0.441 e. The van der Waals surface area contributed by atoms with Crippen molar-refractivity contribution in [3.63, 3.8) is 0 Å². The Labute approximate surface area is 137 Å². The molecule has 24 heavy (non-hydrogen) atoms. The summed E-state index contributed by atoms with van der Waals surface area (Å²) in [7, 11) is 0. The van der Waals surface area contributed by atoms with E-state index in [9.17, 15) is 4.79 Å². The van der Waals surface area contributed by atoms with Gasteiger partial charge in [-0.25, -0.2) is 9.67 Å². The molecule has 0 aliphatic rings. The SMILES string of the molecule is Cc1nc2ccc(C(=O)Nc3cnn(-c4ccncc4)c3)cc2o1. The van der Waals surface area contributed by atoms with Gasteiger partial charge in [0.25, 0.3) is 5.91 Å². The van der Waals surface area contributed by atoms with E-state index in [2.05, 4.69) is 20.4 Å². The summed E-state index contributed by atoms with van der Waals surface area (Å²) < 4.78 is 7.12. The molecule has 0 aliphatic heterocycles. The Morgan fingerprint density at radius 2 is 2.04 bits per heavy atom.